The number of anilines is 1. The number of nitrogens with zero attached hydrogens (tertiary/aromatic N) is 1. The van der Waals surface area contributed by atoms with E-state index in [-0.39, 0.29) is 47.8 Å². The molecule has 2 aromatic rings. The summed E-state index contributed by atoms with van der Waals surface area (Å²) < 4.78 is 25.4. The first-order valence-electron chi connectivity index (χ1n) is 18.0. The molecule has 1 heterocycles. The molecular weight excluding hydrogens is 624 g/mol. The van der Waals surface area contributed by atoms with E-state index in [1.807, 2.05) is 19.1 Å². The lowest BCUT2D eigenvalue weighted by Crippen LogP contribution is -2.82. The van der Waals surface area contributed by atoms with E-state index >= 15 is 0 Å². The Balaban J connectivity index is 1.21. The van der Waals surface area contributed by atoms with Gasteiger partial charge in [0, 0.05) is 69.1 Å². The van der Waals surface area contributed by atoms with Gasteiger partial charge in [0.25, 0.3) is 5.91 Å². The van der Waals surface area contributed by atoms with Gasteiger partial charge in [0.1, 0.15) is 16.8 Å². The van der Waals surface area contributed by atoms with Gasteiger partial charge in [0.15, 0.2) is 0 Å². The number of hydrogen-bond acceptors (Lipinski definition) is 9. The highest BCUT2D eigenvalue weighted by Gasteiger charge is 2.88. The molecule has 6 fully saturated rings. The van der Waals surface area contributed by atoms with Crippen LogP contribution in [0, 0.1) is 36.0 Å². The molecule has 2 aromatic carbocycles. The number of ether oxygens (including phenoxy) is 4. The molecule has 0 radical (unpaired) electrons. The molecule has 264 valence electrons. The average Bonchev–Trinajstić information content (AvgIpc) is 3.49. The first-order valence-corrected chi connectivity index (χ1v) is 18.0. The third-order valence-corrected chi connectivity index (χ3v) is 14.1. The number of amides is 1. The van der Waals surface area contributed by atoms with Gasteiger partial charge in [-0.05, 0) is 75.8 Å². The van der Waals surface area contributed by atoms with E-state index in [9.17, 15) is 19.8 Å². The van der Waals surface area contributed by atoms with Crippen LogP contribution in [0.1, 0.15) is 71.7 Å². The molecule has 0 aromatic heterocycles. The second-order valence-corrected chi connectivity index (χ2v) is 15.7. The summed E-state index contributed by atoms with van der Waals surface area (Å²) in [5, 5.41) is 29.2. The van der Waals surface area contributed by atoms with E-state index in [4.69, 9.17) is 18.9 Å². The van der Waals surface area contributed by atoms with Crippen molar-refractivity contribution in [2.45, 2.75) is 93.5 Å². The maximum atomic E-state index is 14.5. The summed E-state index contributed by atoms with van der Waals surface area (Å²) in [6.45, 7) is 5.32. The zero-order chi connectivity index (χ0) is 34.5. The normalized spacial score (nSPS) is 43.2. The Kier molecular flexibility index (Phi) is 7.87. The van der Waals surface area contributed by atoms with Gasteiger partial charge in [-0.3, -0.25) is 9.69 Å². The Labute approximate surface area is 288 Å². The number of fused-ring (bicyclic) bond motifs is 2. The highest BCUT2D eigenvalue weighted by Crippen LogP contribution is 2.78. The minimum atomic E-state index is -1.51. The Morgan fingerprint density at radius 2 is 1.71 bits per heavy atom. The number of likely N-dealkylation sites (tertiary alicyclic amines) is 1. The third kappa shape index (κ3) is 4.28. The third-order valence-electron chi connectivity index (χ3n) is 14.1. The van der Waals surface area contributed by atoms with Gasteiger partial charge in [-0.1, -0.05) is 36.8 Å². The number of benzene rings is 2. The number of carbonyl (C=O) groups excluding carboxylic acids is 2. The lowest BCUT2D eigenvalue weighted by atomic mass is 9.43. The number of carbonyl (C=O) groups is 2. The highest BCUT2D eigenvalue weighted by molar-refractivity contribution is 6.08. The fourth-order valence-corrected chi connectivity index (χ4v) is 12.5. The lowest BCUT2D eigenvalue weighted by molar-refractivity contribution is -0.328. The molecule has 6 aliphatic rings. The number of methoxy groups -OCH3 is 3. The van der Waals surface area contributed by atoms with Crippen molar-refractivity contribution in [1.29, 1.82) is 0 Å². The van der Waals surface area contributed by atoms with Crippen LogP contribution in [-0.2, 0) is 18.9 Å². The van der Waals surface area contributed by atoms with Crippen LogP contribution in [0.25, 0.3) is 0 Å². The first kappa shape index (κ1) is 33.3. The maximum absolute atomic E-state index is 14.5. The summed E-state index contributed by atoms with van der Waals surface area (Å²) in [6, 6.07) is 14.2. The monoisotopic (exact) mass is 674 g/mol. The molecule has 7 bridgehead atoms. The molecule has 10 nitrogen and oxygen atoms in total. The number of para-hydroxylation sites is 1. The van der Waals surface area contributed by atoms with Crippen LogP contribution in [-0.4, -0.2) is 103 Å². The SMILES string of the molecule is CCN1C[C@]2(OC(=O)c3ccccc3NC(=O)c3ccc(C)cc3)CC[C@H](OC)[C@]34C1[C@H](CC23)[C@@]1(O)C[C@H](OC)C[C@H]2CC4[C@]1(O)[C@H]2OC. The molecule has 5 aliphatic carbocycles. The van der Waals surface area contributed by atoms with E-state index in [1.54, 1.807) is 57.7 Å². The Bertz CT molecular complexity index is 1630. The van der Waals surface area contributed by atoms with E-state index in [2.05, 4.69) is 17.1 Å². The molecule has 3 N–H and O–H groups in total. The standard InChI is InChI=1S/C39H50N2O8/c1-6-41-21-36(49-35(43)26-9-7-8-10-28(26)40-34(42)23-13-11-22(2)12-14-23)16-15-31(47-4)38-29(36)19-27(32(38)41)37(44)20-25(46-3)17-24-18-30(38)39(37,45)33(24)48-5/h7-14,24-25,27,29-33,44-45H,6,15-21H2,1-5H3,(H,40,42)/t24-,25+,27-,29?,30?,31-,32?,33-,36+,37-,38-,39-/m0/s1. The molecule has 12 atom stereocenters. The number of nitrogens with one attached hydrogen (secondary N) is 1. The maximum Gasteiger partial charge on any atom is 0.340 e. The molecule has 5 saturated carbocycles. The smallest absolute Gasteiger partial charge is 0.340 e. The summed E-state index contributed by atoms with van der Waals surface area (Å²) >= 11 is 0. The van der Waals surface area contributed by atoms with Crippen molar-refractivity contribution in [3.05, 3.63) is 65.2 Å². The molecule has 1 spiro atoms. The molecule has 8 rings (SSSR count). The molecule has 1 amide bonds. The Morgan fingerprint density at radius 1 is 0.959 bits per heavy atom. The first-order chi connectivity index (χ1) is 23.5. The number of hydrogen-bond donors (Lipinski definition) is 3. The van der Waals surface area contributed by atoms with Crippen LogP contribution >= 0.6 is 0 Å². The molecular formula is C39H50N2O8. The topological polar surface area (TPSA) is 127 Å². The van der Waals surface area contributed by atoms with Gasteiger partial charge in [-0.15, -0.1) is 0 Å². The molecule has 3 unspecified atom stereocenters. The van der Waals surface area contributed by atoms with Gasteiger partial charge in [-0.25, -0.2) is 4.79 Å². The van der Waals surface area contributed by atoms with Crippen molar-refractivity contribution < 1.29 is 38.7 Å². The number of likely N-dealkylation sites (N-methyl/N-ethyl adjacent to an activating group) is 1. The number of aliphatic hydroxyl groups is 2. The quantitative estimate of drug-likeness (QED) is 0.353. The second-order valence-electron chi connectivity index (χ2n) is 15.7. The summed E-state index contributed by atoms with van der Waals surface area (Å²) in [5.41, 5.74) is -2.20. The van der Waals surface area contributed by atoms with Crippen molar-refractivity contribution >= 4 is 17.6 Å². The number of esters is 1. The molecule has 1 saturated heterocycles. The van der Waals surface area contributed by atoms with E-state index in [1.165, 1.54) is 0 Å². The fourth-order valence-electron chi connectivity index (χ4n) is 12.5. The van der Waals surface area contributed by atoms with Crippen LogP contribution < -0.4 is 5.32 Å². The van der Waals surface area contributed by atoms with Gasteiger partial charge in [0.2, 0.25) is 0 Å². The summed E-state index contributed by atoms with van der Waals surface area (Å²) in [5.74, 6) is -1.58. The number of rotatable bonds is 8. The zero-order valence-electron chi connectivity index (χ0n) is 29.2. The Morgan fingerprint density at radius 3 is 2.41 bits per heavy atom. The van der Waals surface area contributed by atoms with Gasteiger partial charge < -0.3 is 34.5 Å². The predicted octanol–water partition coefficient (Wildman–Crippen LogP) is 4.21. The van der Waals surface area contributed by atoms with E-state index in [0.29, 0.717) is 68.4 Å². The van der Waals surface area contributed by atoms with Crippen LogP contribution in [0.4, 0.5) is 5.69 Å². The summed E-state index contributed by atoms with van der Waals surface area (Å²) in [7, 11) is 5.10. The minimum absolute atomic E-state index is 0.00361. The van der Waals surface area contributed by atoms with Crippen molar-refractivity contribution in [2.75, 3.05) is 39.7 Å². The molecule has 10 heteroatoms. The second kappa shape index (κ2) is 11.6. The van der Waals surface area contributed by atoms with E-state index in [0.717, 1.165) is 5.56 Å². The minimum Gasteiger partial charge on any atom is -0.454 e. The van der Waals surface area contributed by atoms with Gasteiger partial charge in [0.05, 0.1) is 29.6 Å². The average molecular weight is 675 g/mol. The summed E-state index contributed by atoms with van der Waals surface area (Å²) in [4.78, 5) is 30.1. The summed E-state index contributed by atoms with van der Waals surface area (Å²) in [6.07, 6.45) is 2.62. The van der Waals surface area contributed by atoms with Gasteiger partial charge in [-0.2, -0.15) is 0 Å². The fraction of sp³-hybridized carbons (Fsp3) is 0.641. The number of piperidine rings is 1. The van der Waals surface area contributed by atoms with Crippen LogP contribution in [0.3, 0.4) is 0 Å². The van der Waals surface area contributed by atoms with Crippen molar-refractivity contribution in [3.8, 4) is 0 Å². The van der Waals surface area contributed by atoms with Crippen molar-refractivity contribution in [3.63, 3.8) is 0 Å². The Hall–Kier alpha value is -2.86. The lowest BCUT2D eigenvalue weighted by Gasteiger charge is -2.70. The van der Waals surface area contributed by atoms with Crippen molar-refractivity contribution in [1.82, 2.24) is 4.90 Å². The highest BCUT2D eigenvalue weighted by atomic mass is 16.6. The largest absolute Gasteiger partial charge is 0.454 e. The zero-order valence-corrected chi connectivity index (χ0v) is 29.2. The van der Waals surface area contributed by atoms with E-state index < -0.39 is 34.3 Å². The predicted molar refractivity (Wildman–Crippen MR) is 181 cm³/mol. The molecule has 49 heavy (non-hydrogen) atoms. The van der Waals surface area contributed by atoms with Gasteiger partial charge >= 0.3 is 5.97 Å². The van der Waals surface area contributed by atoms with Crippen molar-refractivity contribution in [2.24, 2.45) is 29.1 Å². The van der Waals surface area contributed by atoms with Crippen LogP contribution in [0.15, 0.2) is 48.5 Å². The van der Waals surface area contributed by atoms with Crippen LogP contribution in [0.5, 0.6) is 0 Å². The number of aryl methyl sites for hydroxylation is 1. The molecule has 1 aliphatic heterocycles. The van der Waals surface area contributed by atoms with Crippen LogP contribution in [0.2, 0.25) is 0 Å².